The number of nitrogens with zero attached hydrogens (tertiary/aromatic N) is 7. The molecule has 9 nitrogen and oxygen atoms in total. The number of nitrogens with one attached hydrogen (secondary N) is 1. The van der Waals surface area contributed by atoms with Gasteiger partial charge in [-0.15, -0.1) is 0 Å². The quantitative estimate of drug-likeness (QED) is 0.458. The molecule has 1 saturated heterocycles. The predicted molar refractivity (Wildman–Crippen MR) is 136 cm³/mol. The van der Waals surface area contributed by atoms with Crippen molar-refractivity contribution in [2.24, 2.45) is 0 Å². The van der Waals surface area contributed by atoms with Crippen LogP contribution in [0.3, 0.4) is 0 Å². The van der Waals surface area contributed by atoms with Gasteiger partial charge in [0.15, 0.2) is 0 Å². The highest BCUT2D eigenvalue weighted by atomic mass is 16.1. The van der Waals surface area contributed by atoms with Gasteiger partial charge in [-0.2, -0.15) is 10.4 Å². The number of piperazine rings is 1. The number of H-pyrrole nitrogens is 1. The number of hydrogen-bond acceptors (Lipinski definition) is 7. The summed E-state index contributed by atoms with van der Waals surface area (Å²) in [7, 11) is 0. The Kier molecular flexibility index (Phi) is 6.22. The van der Waals surface area contributed by atoms with E-state index in [4.69, 9.17) is 5.26 Å². The van der Waals surface area contributed by atoms with Crippen LogP contribution in [0, 0.1) is 11.3 Å². The minimum Gasteiger partial charge on any atom is -0.364 e. The van der Waals surface area contributed by atoms with Gasteiger partial charge in [-0.25, -0.2) is 0 Å². The first-order chi connectivity index (χ1) is 17.0. The van der Waals surface area contributed by atoms with Crippen LogP contribution in [0.4, 0.5) is 5.69 Å². The van der Waals surface area contributed by atoms with Gasteiger partial charge in [-0.05, 0) is 37.5 Å². The first-order valence-electron chi connectivity index (χ1n) is 12.2. The average Bonchev–Trinajstić information content (AvgIpc) is 3.29. The molecule has 0 spiro atoms. The van der Waals surface area contributed by atoms with Crippen LogP contribution in [0.15, 0.2) is 47.7 Å². The SMILES string of the molecule is CC[C@H]1CN([C@@H](C)c2ccc3nccnc3c2)[C@H](CC)CN1c1cc(=O)[nH]c2cn(CC#N)nc12. The fourth-order valence-corrected chi connectivity index (χ4v) is 5.32. The number of aromatic amines is 1. The molecule has 1 aromatic carbocycles. The fraction of sp³-hybridized carbons (Fsp3) is 0.423. The lowest BCUT2D eigenvalue weighted by molar-refractivity contribution is 0.101. The molecular formula is C26H30N8O. The molecule has 1 N–H and O–H groups in total. The molecule has 0 bridgehead atoms. The molecule has 3 aromatic heterocycles. The molecule has 9 heteroatoms. The maximum absolute atomic E-state index is 12.5. The highest BCUT2D eigenvalue weighted by Crippen LogP contribution is 2.34. The number of fused-ring (bicyclic) bond motifs is 2. The minimum atomic E-state index is -0.153. The number of pyridine rings is 1. The minimum absolute atomic E-state index is 0.145. The maximum atomic E-state index is 12.5. The van der Waals surface area contributed by atoms with Crippen molar-refractivity contribution in [3.63, 3.8) is 0 Å². The van der Waals surface area contributed by atoms with Crippen LogP contribution in [-0.4, -0.2) is 54.8 Å². The highest BCUT2D eigenvalue weighted by molar-refractivity contribution is 5.87. The second-order valence-corrected chi connectivity index (χ2v) is 9.22. The summed E-state index contributed by atoms with van der Waals surface area (Å²) in [6, 6.07) is 10.9. The third-order valence-corrected chi connectivity index (χ3v) is 7.23. The summed E-state index contributed by atoms with van der Waals surface area (Å²) in [5.74, 6) is 0. The first kappa shape index (κ1) is 23.0. The van der Waals surface area contributed by atoms with Gasteiger partial charge in [-0.1, -0.05) is 19.9 Å². The molecule has 0 unspecified atom stereocenters. The lowest BCUT2D eigenvalue weighted by Crippen LogP contribution is -2.58. The van der Waals surface area contributed by atoms with Crippen LogP contribution in [0.1, 0.15) is 45.2 Å². The lowest BCUT2D eigenvalue weighted by Gasteiger charge is -2.49. The third kappa shape index (κ3) is 4.26. The maximum Gasteiger partial charge on any atom is 0.250 e. The summed E-state index contributed by atoms with van der Waals surface area (Å²) in [5, 5.41) is 13.7. The lowest BCUT2D eigenvalue weighted by atomic mass is 9.96. The van der Waals surface area contributed by atoms with Crippen molar-refractivity contribution < 1.29 is 0 Å². The Morgan fingerprint density at radius 3 is 2.63 bits per heavy atom. The molecule has 0 saturated carbocycles. The topological polar surface area (TPSA) is 107 Å². The van der Waals surface area contributed by atoms with Crippen molar-refractivity contribution >= 4 is 27.8 Å². The molecule has 0 radical (unpaired) electrons. The van der Waals surface area contributed by atoms with E-state index in [0.717, 1.165) is 48.2 Å². The molecule has 0 amide bonds. The van der Waals surface area contributed by atoms with Gasteiger partial charge < -0.3 is 9.88 Å². The average molecular weight is 471 g/mol. The molecule has 3 atom stereocenters. The smallest absolute Gasteiger partial charge is 0.250 e. The Morgan fingerprint density at radius 1 is 1.11 bits per heavy atom. The van der Waals surface area contributed by atoms with E-state index in [1.54, 1.807) is 29.3 Å². The van der Waals surface area contributed by atoms with E-state index < -0.39 is 0 Å². The molecule has 180 valence electrons. The Hall–Kier alpha value is -3.77. The van der Waals surface area contributed by atoms with Crippen LogP contribution in [-0.2, 0) is 6.54 Å². The molecule has 5 rings (SSSR count). The zero-order valence-electron chi connectivity index (χ0n) is 20.3. The molecular weight excluding hydrogens is 440 g/mol. The summed E-state index contributed by atoms with van der Waals surface area (Å²) >= 11 is 0. The Labute approximate surface area is 204 Å². The number of benzene rings is 1. The summed E-state index contributed by atoms with van der Waals surface area (Å²) in [6.45, 7) is 8.50. The first-order valence-corrected chi connectivity index (χ1v) is 12.2. The molecule has 1 fully saturated rings. The van der Waals surface area contributed by atoms with Crippen LogP contribution < -0.4 is 10.5 Å². The van der Waals surface area contributed by atoms with Gasteiger partial charge >= 0.3 is 0 Å². The number of rotatable bonds is 6. The highest BCUT2D eigenvalue weighted by Gasteiger charge is 2.36. The monoisotopic (exact) mass is 470 g/mol. The molecule has 4 aromatic rings. The molecule has 35 heavy (non-hydrogen) atoms. The van der Waals surface area contributed by atoms with E-state index in [-0.39, 0.29) is 24.2 Å². The van der Waals surface area contributed by atoms with Gasteiger partial charge in [0, 0.05) is 49.7 Å². The second kappa shape index (κ2) is 9.47. The fourth-order valence-electron chi connectivity index (χ4n) is 5.32. The van der Waals surface area contributed by atoms with Crippen molar-refractivity contribution in [3.05, 3.63) is 58.8 Å². The standard InChI is InChI=1S/C26H30N8O/c1-4-19-15-34(24-13-25(35)30-23-16-32(11-8-27)31-26(23)24)20(5-2)14-33(19)17(3)18-6-7-21-22(12-18)29-10-9-28-21/h6-7,9-10,12-13,16-17,19-20H,4-5,11,14-15H2,1-3H3,(H,30,35)/t17-,19+,20-/m0/s1. The summed E-state index contributed by atoms with van der Waals surface area (Å²) in [5.41, 5.74) is 5.14. The predicted octanol–water partition coefficient (Wildman–Crippen LogP) is 3.63. The molecule has 1 aliphatic heterocycles. The van der Waals surface area contributed by atoms with Crippen molar-refractivity contribution in [1.82, 2.24) is 29.6 Å². The molecule has 1 aliphatic rings. The van der Waals surface area contributed by atoms with Gasteiger partial charge in [0.2, 0.25) is 0 Å². The van der Waals surface area contributed by atoms with E-state index in [1.165, 1.54) is 5.56 Å². The van der Waals surface area contributed by atoms with Gasteiger partial charge in [-0.3, -0.25) is 24.3 Å². The van der Waals surface area contributed by atoms with Gasteiger partial charge in [0.25, 0.3) is 5.56 Å². The zero-order chi connectivity index (χ0) is 24.5. The molecule has 0 aliphatic carbocycles. The van der Waals surface area contributed by atoms with Crippen LogP contribution in [0.5, 0.6) is 0 Å². The Balaban J connectivity index is 1.49. The van der Waals surface area contributed by atoms with Crippen molar-refractivity contribution in [1.29, 1.82) is 5.26 Å². The van der Waals surface area contributed by atoms with E-state index >= 15 is 0 Å². The van der Waals surface area contributed by atoms with E-state index in [1.807, 2.05) is 6.07 Å². The Bertz CT molecular complexity index is 1450. The number of nitriles is 1. The number of aromatic nitrogens is 5. The summed E-state index contributed by atoms with van der Waals surface area (Å²) < 4.78 is 1.59. The van der Waals surface area contributed by atoms with Crippen LogP contribution in [0.25, 0.3) is 22.1 Å². The van der Waals surface area contributed by atoms with Crippen LogP contribution >= 0.6 is 0 Å². The number of hydrogen-bond donors (Lipinski definition) is 1. The Morgan fingerprint density at radius 2 is 1.89 bits per heavy atom. The van der Waals surface area contributed by atoms with Crippen LogP contribution in [0.2, 0.25) is 0 Å². The van der Waals surface area contributed by atoms with E-state index in [0.29, 0.717) is 11.6 Å². The van der Waals surface area contributed by atoms with Gasteiger partial charge in [0.1, 0.15) is 12.1 Å². The summed E-state index contributed by atoms with van der Waals surface area (Å²) in [6.07, 6.45) is 7.12. The van der Waals surface area contributed by atoms with Crippen molar-refractivity contribution in [2.45, 2.75) is 58.3 Å². The second-order valence-electron chi connectivity index (χ2n) is 9.22. The largest absolute Gasteiger partial charge is 0.364 e. The van der Waals surface area contributed by atoms with E-state index in [2.05, 4.69) is 68.8 Å². The zero-order valence-corrected chi connectivity index (χ0v) is 20.3. The normalized spacial score (nSPS) is 19.8. The van der Waals surface area contributed by atoms with E-state index in [9.17, 15) is 4.79 Å². The van der Waals surface area contributed by atoms with Gasteiger partial charge in [0.05, 0.1) is 34.5 Å². The number of anilines is 1. The third-order valence-electron chi connectivity index (χ3n) is 7.23. The van der Waals surface area contributed by atoms with Crippen molar-refractivity contribution in [3.8, 4) is 6.07 Å². The van der Waals surface area contributed by atoms with Crippen molar-refractivity contribution in [2.75, 3.05) is 18.0 Å². The summed E-state index contributed by atoms with van der Waals surface area (Å²) in [4.78, 5) is 29.2. The molecule has 4 heterocycles.